The van der Waals surface area contributed by atoms with E-state index in [9.17, 15) is 0 Å². The zero-order chi connectivity index (χ0) is 9.00. The SMILES string of the molecule is CC(C)c1cnc2c(n1)C1CC1N2. The Morgan fingerprint density at radius 2 is 2.38 bits per heavy atom. The van der Waals surface area contributed by atoms with Crippen molar-refractivity contribution >= 4 is 5.82 Å². The Bertz CT molecular complexity index is 359. The topological polar surface area (TPSA) is 37.8 Å². The van der Waals surface area contributed by atoms with E-state index in [0.717, 1.165) is 11.5 Å². The van der Waals surface area contributed by atoms with Crippen molar-refractivity contribution in [1.29, 1.82) is 0 Å². The van der Waals surface area contributed by atoms with Gasteiger partial charge in [-0.3, -0.25) is 4.98 Å². The van der Waals surface area contributed by atoms with Crippen molar-refractivity contribution in [1.82, 2.24) is 9.97 Å². The molecule has 1 aromatic rings. The molecule has 13 heavy (non-hydrogen) atoms. The molecule has 0 amide bonds. The van der Waals surface area contributed by atoms with Crippen molar-refractivity contribution in [3.05, 3.63) is 17.6 Å². The highest BCUT2D eigenvalue weighted by Gasteiger charge is 2.47. The minimum atomic E-state index is 0.482. The zero-order valence-corrected chi connectivity index (χ0v) is 7.91. The molecule has 0 aromatic carbocycles. The van der Waals surface area contributed by atoms with E-state index < -0.39 is 0 Å². The fraction of sp³-hybridized carbons (Fsp3) is 0.600. The van der Waals surface area contributed by atoms with E-state index in [4.69, 9.17) is 0 Å². The first-order valence-electron chi connectivity index (χ1n) is 4.89. The van der Waals surface area contributed by atoms with E-state index in [1.54, 1.807) is 0 Å². The second kappa shape index (κ2) is 2.22. The maximum atomic E-state index is 4.65. The summed E-state index contributed by atoms with van der Waals surface area (Å²) in [6, 6.07) is 0.650. The van der Waals surface area contributed by atoms with E-state index >= 15 is 0 Å². The number of anilines is 1. The van der Waals surface area contributed by atoms with Crippen LogP contribution in [0.5, 0.6) is 0 Å². The van der Waals surface area contributed by atoms with E-state index in [2.05, 4.69) is 29.1 Å². The minimum absolute atomic E-state index is 0.482. The van der Waals surface area contributed by atoms with Gasteiger partial charge in [-0.25, -0.2) is 4.98 Å². The van der Waals surface area contributed by atoms with Gasteiger partial charge in [-0.1, -0.05) is 13.8 Å². The van der Waals surface area contributed by atoms with Crippen LogP contribution in [0.1, 0.15) is 43.5 Å². The average molecular weight is 175 g/mol. The minimum Gasteiger partial charge on any atom is -0.365 e. The number of hydrogen-bond acceptors (Lipinski definition) is 3. The summed E-state index contributed by atoms with van der Waals surface area (Å²) in [6.45, 7) is 4.31. The molecule has 1 aliphatic heterocycles. The van der Waals surface area contributed by atoms with Crippen LogP contribution in [-0.2, 0) is 0 Å². The van der Waals surface area contributed by atoms with Gasteiger partial charge in [0.05, 0.1) is 17.6 Å². The van der Waals surface area contributed by atoms with Crippen molar-refractivity contribution in [2.75, 3.05) is 5.32 Å². The number of nitrogens with zero attached hydrogens (tertiary/aromatic N) is 2. The van der Waals surface area contributed by atoms with Crippen LogP contribution in [0.2, 0.25) is 0 Å². The quantitative estimate of drug-likeness (QED) is 0.708. The number of hydrogen-bond donors (Lipinski definition) is 1. The summed E-state index contributed by atoms with van der Waals surface area (Å²) in [5, 5.41) is 3.36. The number of rotatable bonds is 1. The second-order valence-electron chi connectivity index (χ2n) is 4.28. The van der Waals surface area contributed by atoms with Gasteiger partial charge in [0, 0.05) is 12.0 Å². The van der Waals surface area contributed by atoms with E-state index in [0.29, 0.717) is 17.9 Å². The highest BCUT2D eigenvalue weighted by atomic mass is 15.1. The third-order valence-electron chi connectivity index (χ3n) is 2.87. The summed E-state index contributed by atoms with van der Waals surface area (Å²) in [7, 11) is 0. The van der Waals surface area contributed by atoms with Crippen LogP contribution in [0.25, 0.3) is 0 Å². The van der Waals surface area contributed by atoms with Crippen molar-refractivity contribution < 1.29 is 0 Å². The molecule has 3 heteroatoms. The highest BCUT2D eigenvalue weighted by molar-refractivity contribution is 5.55. The van der Waals surface area contributed by atoms with Crippen molar-refractivity contribution in [3.8, 4) is 0 Å². The van der Waals surface area contributed by atoms with Gasteiger partial charge in [0.25, 0.3) is 0 Å². The first-order chi connectivity index (χ1) is 6.25. The van der Waals surface area contributed by atoms with Crippen LogP contribution >= 0.6 is 0 Å². The molecular formula is C10H13N3. The third-order valence-corrected chi connectivity index (χ3v) is 2.87. The van der Waals surface area contributed by atoms with Gasteiger partial charge in [-0.05, 0) is 12.3 Å². The molecule has 3 rings (SSSR count). The Labute approximate surface area is 77.6 Å². The predicted molar refractivity (Wildman–Crippen MR) is 50.9 cm³/mol. The van der Waals surface area contributed by atoms with Gasteiger partial charge in [0.1, 0.15) is 5.82 Å². The molecule has 2 aliphatic rings. The van der Waals surface area contributed by atoms with E-state index in [1.807, 2.05) is 6.20 Å². The molecule has 0 radical (unpaired) electrons. The molecule has 2 atom stereocenters. The summed E-state index contributed by atoms with van der Waals surface area (Å²) in [4.78, 5) is 9.04. The first-order valence-corrected chi connectivity index (χ1v) is 4.89. The standard InChI is InChI=1S/C10H13N3/c1-5(2)8-4-11-10-9(12-8)6-3-7(6)13-10/h4-7H,3H2,1-2H3,(H,11,13). The average Bonchev–Trinajstić information content (AvgIpc) is 2.78. The largest absolute Gasteiger partial charge is 0.365 e. The van der Waals surface area contributed by atoms with Crippen LogP contribution < -0.4 is 5.32 Å². The van der Waals surface area contributed by atoms with Crippen molar-refractivity contribution in [2.24, 2.45) is 0 Å². The third kappa shape index (κ3) is 0.961. The lowest BCUT2D eigenvalue weighted by molar-refractivity contribution is 0.798. The molecular weight excluding hydrogens is 162 g/mol. The summed E-state index contributed by atoms with van der Waals surface area (Å²) in [5.74, 6) is 2.17. The normalized spacial score (nSPS) is 28.2. The number of aromatic nitrogens is 2. The lowest BCUT2D eigenvalue weighted by Gasteiger charge is -2.07. The number of nitrogens with one attached hydrogen (secondary N) is 1. The molecule has 1 aliphatic carbocycles. The van der Waals surface area contributed by atoms with Gasteiger partial charge in [-0.2, -0.15) is 0 Å². The van der Waals surface area contributed by atoms with Crippen LogP contribution in [0.4, 0.5) is 5.82 Å². The number of fused-ring (bicyclic) bond motifs is 3. The molecule has 2 heterocycles. The summed E-state index contributed by atoms with van der Waals surface area (Å²) in [5.41, 5.74) is 2.32. The zero-order valence-electron chi connectivity index (χ0n) is 7.91. The maximum absolute atomic E-state index is 4.65. The van der Waals surface area contributed by atoms with E-state index in [1.165, 1.54) is 12.1 Å². The highest BCUT2D eigenvalue weighted by Crippen LogP contribution is 2.49. The summed E-state index contributed by atoms with van der Waals surface area (Å²) < 4.78 is 0. The van der Waals surface area contributed by atoms with Crippen LogP contribution in [0, 0.1) is 0 Å². The fourth-order valence-corrected chi connectivity index (χ4v) is 1.90. The smallest absolute Gasteiger partial charge is 0.148 e. The second-order valence-corrected chi connectivity index (χ2v) is 4.28. The summed E-state index contributed by atoms with van der Waals surface area (Å²) in [6.07, 6.45) is 3.14. The van der Waals surface area contributed by atoms with Crippen molar-refractivity contribution in [2.45, 2.75) is 38.1 Å². The lowest BCUT2D eigenvalue weighted by Crippen LogP contribution is -2.02. The molecule has 3 nitrogen and oxygen atoms in total. The molecule has 0 bridgehead atoms. The molecule has 1 aromatic heterocycles. The molecule has 1 fully saturated rings. The van der Waals surface area contributed by atoms with Crippen LogP contribution in [-0.4, -0.2) is 16.0 Å². The molecule has 1 saturated carbocycles. The molecule has 68 valence electrons. The maximum Gasteiger partial charge on any atom is 0.148 e. The Morgan fingerprint density at radius 3 is 3.15 bits per heavy atom. The molecule has 2 unspecified atom stereocenters. The predicted octanol–water partition coefficient (Wildman–Crippen LogP) is 1.88. The monoisotopic (exact) mass is 175 g/mol. The van der Waals surface area contributed by atoms with Crippen molar-refractivity contribution in [3.63, 3.8) is 0 Å². The van der Waals surface area contributed by atoms with Gasteiger partial charge >= 0.3 is 0 Å². The molecule has 0 spiro atoms. The van der Waals surface area contributed by atoms with Gasteiger partial charge in [-0.15, -0.1) is 0 Å². The lowest BCUT2D eigenvalue weighted by atomic mass is 10.1. The first kappa shape index (κ1) is 7.30. The van der Waals surface area contributed by atoms with Gasteiger partial charge < -0.3 is 5.32 Å². The Balaban J connectivity index is 2.06. The van der Waals surface area contributed by atoms with Gasteiger partial charge in [0.15, 0.2) is 0 Å². The van der Waals surface area contributed by atoms with E-state index in [-0.39, 0.29) is 0 Å². The Morgan fingerprint density at radius 1 is 1.54 bits per heavy atom. The summed E-state index contributed by atoms with van der Waals surface area (Å²) >= 11 is 0. The van der Waals surface area contributed by atoms with Crippen LogP contribution in [0.3, 0.4) is 0 Å². The molecule has 0 saturated heterocycles. The van der Waals surface area contributed by atoms with Crippen LogP contribution in [0.15, 0.2) is 6.20 Å². The van der Waals surface area contributed by atoms with Gasteiger partial charge in [0.2, 0.25) is 0 Å². The molecule has 1 N–H and O–H groups in total. The fourth-order valence-electron chi connectivity index (χ4n) is 1.90. The Kier molecular flexibility index (Phi) is 1.25. The Hall–Kier alpha value is -1.12.